The average Bonchev–Trinajstić information content (AvgIpc) is 2.96. The van der Waals surface area contributed by atoms with E-state index in [1.165, 1.54) is 17.4 Å². The van der Waals surface area contributed by atoms with Gasteiger partial charge in [0.05, 0.1) is 11.3 Å². The maximum atomic E-state index is 12.7. The molecule has 0 saturated heterocycles. The summed E-state index contributed by atoms with van der Waals surface area (Å²) < 4.78 is 38.1. The number of halogens is 3. The number of aromatic hydroxyl groups is 1. The van der Waals surface area contributed by atoms with Crippen molar-refractivity contribution in [2.75, 3.05) is 5.32 Å². The number of anilines is 2. The van der Waals surface area contributed by atoms with E-state index in [9.17, 15) is 18.3 Å². The summed E-state index contributed by atoms with van der Waals surface area (Å²) in [7, 11) is 0. The molecule has 0 atom stereocenters. The molecular formula is C16H11F3N2OS. The minimum absolute atomic E-state index is 0.159. The topological polar surface area (TPSA) is 45.1 Å². The first-order valence-corrected chi connectivity index (χ1v) is 7.49. The Morgan fingerprint density at radius 2 is 1.78 bits per heavy atom. The molecule has 0 radical (unpaired) electrons. The summed E-state index contributed by atoms with van der Waals surface area (Å²) >= 11 is 1.29. The number of thiazole rings is 1. The summed E-state index contributed by atoms with van der Waals surface area (Å²) in [5, 5.41) is 14.4. The molecule has 118 valence electrons. The van der Waals surface area contributed by atoms with Crippen LogP contribution in [0.15, 0.2) is 53.9 Å². The van der Waals surface area contributed by atoms with Gasteiger partial charge < -0.3 is 10.4 Å². The van der Waals surface area contributed by atoms with Gasteiger partial charge in [-0.2, -0.15) is 13.2 Å². The highest BCUT2D eigenvalue weighted by Crippen LogP contribution is 2.32. The maximum Gasteiger partial charge on any atom is 0.416 e. The van der Waals surface area contributed by atoms with Crippen molar-refractivity contribution >= 4 is 22.2 Å². The number of phenols is 1. The fraction of sp³-hybridized carbons (Fsp3) is 0.0625. The van der Waals surface area contributed by atoms with Crippen molar-refractivity contribution in [1.29, 1.82) is 0 Å². The van der Waals surface area contributed by atoms with Crippen molar-refractivity contribution in [3.63, 3.8) is 0 Å². The molecule has 2 aromatic carbocycles. The van der Waals surface area contributed by atoms with E-state index in [1.54, 1.807) is 35.7 Å². The van der Waals surface area contributed by atoms with E-state index in [0.717, 1.165) is 17.7 Å². The van der Waals surface area contributed by atoms with Gasteiger partial charge in [0.25, 0.3) is 0 Å². The lowest BCUT2D eigenvalue weighted by atomic mass is 10.2. The van der Waals surface area contributed by atoms with Crippen LogP contribution in [0.5, 0.6) is 5.75 Å². The van der Waals surface area contributed by atoms with Crippen LogP contribution in [0.3, 0.4) is 0 Å². The van der Waals surface area contributed by atoms with Crippen LogP contribution in [0.4, 0.5) is 24.0 Å². The van der Waals surface area contributed by atoms with Gasteiger partial charge in [-0.25, -0.2) is 4.98 Å². The van der Waals surface area contributed by atoms with Gasteiger partial charge in [-0.05, 0) is 42.5 Å². The molecule has 3 nitrogen and oxygen atoms in total. The van der Waals surface area contributed by atoms with E-state index in [1.807, 2.05) is 0 Å². The van der Waals surface area contributed by atoms with Gasteiger partial charge in [-0.15, -0.1) is 11.3 Å². The zero-order chi connectivity index (χ0) is 16.4. The largest absolute Gasteiger partial charge is 0.508 e. The first-order valence-electron chi connectivity index (χ1n) is 6.61. The quantitative estimate of drug-likeness (QED) is 0.684. The Labute approximate surface area is 134 Å². The van der Waals surface area contributed by atoms with Gasteiger partial charge in [0.2, 0.25) is 0 Å². The van der Waals surface area contributed by atoms with Crippen LogP contribution in [0.1, 0.15) is 5.56 Å². The third-order valence-electron chi connectivity index (χ3n) is 3.11. The monoisotopic (exact) mass is 336 g/mol. The number of aromatic nitrogens is 1. The first-order chi connectivity index (χ1) is 10.9. The van der Waals surface area contributed by atoms with E-state index in [0.29, 0.717) is 16.5 Å². The molecule has 1 heterocycles. The van der Waals surface area contributed by atoms with Gasteiger partial charge >= 0.3 is 6.18 Å². The number of nitrogens with one attached hydrogen (secondary N) is 1. The summed E-state index contributed by atoms with van der Waals surface area (Å²) in [4.78, 5) is 4.34. The number of benzene rings is 2. The standard InChI is InChI=1S/C16H11F3N2OS/c17-16(18,19)11-2-1-3-12(8-11)20-15-21-14(9-23-15)10-4-6-13(22)7-5-10/h1-9,22H,(H,20,21). The molecule has 2 N–H and O–H groups in total. The van der Waals surface area contributed by atoms with Crippen molar-refractivity contribution in [2.45, 2.75) is 6.18 Å². The van der Waals surface area contributed by atoms with Gasteiger partial charge in [0.15, 0.2) is 5.13 Å². The second kappa shape index (κ2) is 5.92. The van der Waals surface area contributed by atoms with Gasteiger partial charge in [0.1, 0.15) is 5.75 Å². The molecule has 1 aromatic heterocycles. The van der Waals surface area contributed by atoms with Gasteiger partial charge in [-0.3, -0.25) is 0 Å². The van der Waals surface area contributed by atoms with Crippen LogP contribution in [-0.2, 0) is 6.18 Å². The molecule has 0 saturated carbocycles. The van der Waals surface area contributed by atoms with Crippen LogP contribution >= 0.6 is 11.3 Å². The molecular weight excluding hydrogens is 325 g/mol. The molecule has 0 aliphatic rings. The lowest BCUT2D eigenvalue weighted by molar-refractivity contribution is -0.137. The van der Waals surface area contributed by atoms with Crippen molar-refractivity contribution in [3.8, 4) is 17.0 Å². The Hall–Kier alpha value is -2.54. The molecule has 0 bridgehead atoms. The molecule has 3 rings (SSSR count). The Kier molecular flexibility index (Phi) is 3.96. The van der Waals surface area contributed by atoms with E-state index in [4.69, 9.17) is 0 Å². The highest BCUT2D eigenvalue weighted by molar-refractivity contribution is 7.14. The van der Waals surface area contributed by atoms with E-state index in [-0.39, 0.29) is 5.75 Å². The van der Waals surface area contributed by atoms with E-state index >= 15 is 0 Å². The molecule has 0 unspecified atom stereocenters. The highest BCUT2D eigenvalue weighted by atomic mass is 32.1. The molecule has 0 aliphatic carbocycles. The maximum absolute atomic E-state index is 12.7. The van der Waals surface area contributed by atoms with Crippen LogP contribution in [0, 0.1) is 0 Å². The highest BCUT2D eigenvalue weighted by Gasteiger charge is 2.30. The fourth-order valence-corrected chi connectivity index (χ4v) is 2.73. The van der Waals surface area contributed by atoms with Crippen molar-refractivity contribution in [1.82, 2.24) is 4.98 Å². The number of hydrogen-bond donors (Lipinski definition) is 2. The second-order valence-electron chi connectivity index (χ2n) is 4.79. The normalized spacial score (nSPS) is 11.4. The van der Waals surface area contributed by atoms with Crippen molar-refractivity contribution in [3.05, 3.63) is 59.5 Å². The van der Waals surface area contributed by atoms with Crippen molar-refractivity contribution in [2.24, 2.45) is 0 Å². The molecule has 0 spiro atoms. The second-order valence-corrected chi connectivity index (χ2v) is 5.65. The third kappa shape index (κ3) is 3.62. The van der Waals surface area contributed by atoms with Crippen LogP contribution in [0.2, 0.25) is 0 Å². The Morgan fingerprint density at radius 1 is 1.04 bits per heavy atom. The number of alkyl halides is 3. The Balaban J connectivity index is 1.81. The van der Waals surface area contributed by atoms with Crippen LogP contribution in [0.25, 0.3) is 11.3 Å². The summed E-state index contributed by atoms with van der Waals surface area (Å²) in [5.41, 5.74) is 1.12. The van der Waals surface area contributed by atoms with E-state index in [2.05, 4.69) is 10.3 Å². The van der Waals surface area contributed by atoms with E-state index < -0.39 is 11.7 Å². The number of nitrogens with zero attached hydrogens (tertiary/aromatic N) is 1. The average molecular weight is 336 g/mol. The summed E-state index contributed by atoms with van der Waals surface area (Å²) in [5.74, 6) is 0.159. The summed E-state index contributed by atoms with van der Waals surface area (Å²) in [6.45, 7) is 0. The molecule has 0 fully saturated rings. The molecule has 3 aromatic rings. The predicted octanol–water partition coefficient (Wildman–Crippen LogP) is 5.28. The third-order valence-corrected chi connectivity index (χ3v) is 3.87. The molecule has 0 amide bonds. The van der Waals surface area contributed by atoms with Crippen LogP contribution in [-0.4, -0.2) is 10.1 Å². The lowest BCUT2D eigenvalue weighted by Gasteiger charge is -2.08. The lowest BCUT2D eigenvalue weighted by Crippen LogP contribution is -2.05. The minimum atomic E-state index is -4.38. The number of rotatable bonds is 3. The smallest absolute Gasteiger partial charge is 0.416 e. The zero-order valence-corrected chi connectivity index (χ0v) is 12.4. The van der Waals surface area contributed by atoms with Gasteiger partial charge in [-0.1, -0.05) is 6.07 Å². The number of phenolic OH excluding ortho intramolecular Hbond substituents is 1. The van der Waals surface area contributed by atoms with Crippen molar-refractivity contribution < 1.29 is 18.3 Å². The summed E-state index contributed by atoms with van der Waals surface area (Å²) in [6, 6.07) is 11.5. The Morgan fingerprint density at radius 3 is 2.48 bits per heavy atom. The number of hydrogen-bond acceptors (Lipinski definition) is 4. The molecule has 23 heavy (non-hydrogen) atoms. The SMILES string of the molecule is Oc1ccc(-c2csc(Nc3cccc(C(F)(F)F)c3)n2)cc1. The zero-order valence-electron chi connectivity index (χ0n) is 11.6. The first kappa shape index (κ1) is 15.4. The van der Waals surface area contributed by atoms with Crippen LogP contribution < -0.4 is 5.32 Å². The minimum Gasteiger partial charge on any atom is -0.508 e. The fourth-order valence-electron chi connectivity index (χ4n) is 1.99. The van der Waals surface area contributed by atoms with Gasteiger partial charge in [0, 0.05) is 16.6 Å². The molecule has 0 aliphatic heterocycles. The Bertz CT molecular complexity index is 813. The predicted molar refractivity (Wildman–Crippen MR) is 83.9 cm³/mol. The summed E-state index contributed by atoms with van der Waals surface area (Å²) in [6.07, 6.45) is -4.38. The molecule has 7 heteroatoms.